The number of aliphatic carboxylic acids is 1. The number of nitrogens with one attached hydrogen (secondary N) is 1. The Morgan fingerprint density at radius 1 is 1.31 bits per heavy atom. The molecule has 0 aromatic carbocycles. The molecule has 0 saturated carbocycles. The lowest BCUT2D eigenvalue weighted by Crippen LogP contribution is -2.62. The highest BCUT2D eigenvalue weighted by atomic mass is 32.2. The molecule has 1 aromatic rings. The predicted molar refractivity (Wildman–Crippen MR) is 139 cm³/mol. The summed E-state index contributed by atoms with van der Waals surface area (Å²) in [5.74, 6) is -2.46. The fourth-order valence-corrected chi connectivity index (χ4v) is 7.54. The second kappa shape index (κ2) is 10.6. The van der Waals surface area contributed by atoms with Gasteiger partial charge in [0, 0.05) is 42.1 Å². The van der Waals surface area contributed by atoms with Gasteiger partial charge in [-0.1, -0.05) is 13.8 Å². The summed E-state index contributed by atoms with van der Waals surface area (Å²) in [7, 11) is 0. The molecular formula is C23H32N10O5S. The van der Waals surface area contributed by atoms with Crippen molar-refractivity contribution in [3.63, 3.8) is 0 Å². The van der Waals surface area contributed by atoms with E-state index in [1.165, 1.54) is 27.7 Å². The van der Waals surface area contributed by atoms with Gasteiger partial charge in [0.2, 0.25) is 11.8 Å². The van der Waals surface area contributed by atoms with Crippen LogP contribution in [-0.4, -0.2) is 108 Å². The molecule has 5 heterocycles. The van der Waals surface area contributed by atoms with Gasteiger partial charge >= 0.3 is 5.97 Å². The molecule has 3 fully saturated rings. The van der Waals surface area contributed by atoms with Gasteiger partial charge in [0.05, 0.1) is 24.0 Å². The van der Waals surface area contributed by atoms with Crippen molar-refractivity contribution in [1.29, 1.82) is 0 Å². The zero-order valence-corrected chi connectivity index (χ0v) is 22.5. The molecule has 210 valence electrons. The van der Waals surface area contributed by atoms with E-state index < -0.39 is 11.9 Å². The van der Waals surface area contributed by atoms with Crippen molar-refractivity contribution in [2.75, 3.05) is 19.6 Å². The van der Waals surface area contributed by atoms with E-state index in [-0.39, 0.29) is 77.4 Å². The average molecular weight is 561 g/mol. The number of ketones is 1. The molecule has 0 unspecified atom stereocenters. The summed E-state index contributed by atoms with van der Waals surface area (Å²) in [6.45, 7) is 5.27. The summed E-state index contributed by atoms with van der Waals surface area (Å²) in [5.41, 5.74) is 10.8. The first kappa shape index (κ1) is 27.1. The number of carboxylic acid groups (broad SMARTS) is 1. The number of hydrogen-bond acceptors (Lipinski definition) is 10. The number of rotatable bonds is 10. The van der Waals surface area contributed by atoms with E-state index in [9.17, 15) is 24.3 Å². The van der Waals surface area contributed by atoms with Crippen molar-refractivity contribution in [2.24, 2.45) is 34.2 Å². The van der Waals surface area contributed by atoms with Crippen LogP contribution in [0.3, 0.4) is 0 Å². The minimum absolute atomic E-state index is 0.00602. The number of β-lactam (4-membered cyclic amide) rings is 1. The number of carboxylic acids is 1. The molecule has 39 heavy (non-hydrogen) atoms. The second-order valence-electron chi connectivity index (χ2n) is 10.6. The number of guanidine groups is 1. The highest BCUT2D eigenvalue weighted by molar-refractivity contribution is 8.03. The second-order valence-corrected chi connectivity index (χ2v) is 12.0. The van der Waals surface area contributed by atoms with Crippen LogP contribution in [0.15, 0.2) is 21.9 Å². The lowest BCUT2D eigenvalue weighted by molar-refractivity contribution is -0.160. The van der Waals surface area contributed by atoms with Crippen LogP contribution < -0.4 is 16.8 Å². The molecular weight excluding hydrogens is 528 g/mol. The largest absolute Gasteiger partial charge is 0.477 e. The summed E-state index contributed by atoms with van der Waals surface area (Å²) in [4.78, 5) is 58.7. The van der Waals surface area contributed by atoms with Gasteiger partial charge in [0.1, 0.15) is 18.6 Å². The summed E-state index contributed by atoms with van der Waals surface area (Å²) >= 11 is 1.43. The van der Waals surface area contributed by atoms with Crippen LogP contribution >= 0.6 is 11.8 Å². The monoisotopic (exact) mass is 560 g/mol. The minimum Gasteiger partial charge on any atom is -0.477 e. The van der Waals surface area contributed by atoms with Gasteiger partial charge in [-0.2, -0.15) is 0 Å². The van der Waals surface area contributed by atoms with Crippen molar-refractivity contribution in [2.45, 2.75) is 56.6 Å². The Hall–Kier alpha value is -3.53. The normalized spacial score (nSPS) is 29.1. The maximum Gasteiger partial charge on any atom is 0.353 e. The quantitative estimate of drug-likeness (QED) is 0.139. The first-order chi connectivity index (χ1) is 18.5. The summed E-state index contributed by atoms with van der Waals surface area (Å²) in [6.07, 6.45) is 2.06. The van der Waals surface area contributed by atoms with Gasteiger partial charge in [-0.05, 0) is 22.8 Å². The number of fused-ring (bicyclic) bond motifs is 1. The maximum absolute atomic E-state index is 13.2. The zero-order chi connectivity index (χ0) is 28.0. The van der Waals surface area contributed by atoms with Gasteiger partial charge in [0.15, 0.2) is 11.7 Å². The van der Waals surface area contributed by atoms with Gasteiger partial charge in [-0.3, -0.25) is 14.4 Å². The molecule has 4 aliphatic heterocycles. The molecule has 0 bridgehead atoms. The van der Waals surface area contributed by atoms with Crippen LogP contribution in [0.2, 0.25) is 0 Å². The lowest BCUT2D eigenvalue weighted by atomic mass is 9.73. The third-order valence-corrected chi connectivity index (χ3v) is 9.38. The minimum atomic E-state index is -1.15. The van der Waals surface area contributed by atoms with Gasteiger partial charge in [-0.25, -0.2) is 14.5 Å². The number of carbonyl (C=O) groups is 4. The molecule has 0 radical (unpaired) electrons. The van der Waals surface area contributed by atoms with Crippen LogP contribution in [0.25, 0.3) is 0 Å². The standard InChI is InChI=1S/C23H32N10O5S/c1-10(3-13(34)8-32-9-27-29-30-32)16-17-11(2)19(18(22(37)38)33(17)21(16)36)39-14-4-15(26-5-14)20(35)31-6-12(7-31)28-23(24)25/h9-12,14-17,26H,3-8H2,1-2H3,(H,37,38)(H4,24,25,28)/t10-,11+,14-,15-,16+,17+/m0/s1. The van der Waals surface area contributed by atoms with Gasteiger partial charge in [0.25, 0.3) is 0 Å². The zero-order valence-electron chi connectivity index (χ0n) is 21.6. The molecule has 1 aromatic heterocycles. The fraction of sp³-hybridized carbons (Fsp3) is 0.652. The number of Topliss-reactive ketones (excluding diaryl/α,β-unsaturated/α-hetero) is 1. The van der Waals surface area contributed by atoms with Crippen molar-refractivity contribution < 1.29 is 24.3 Å². The SMILES string of the molecule is C[C@@H](CC(=O)Cn1cnnn1)[C@H]1C(=O)N2C(C(=O)O)=C(S[C@@H]3CN[C@H](C(=O)N4CC(N=C(N)N)C4)C3)[C@H](C)[C@H]12. The fourth-order valence-electron chi connectivity index (χ4n) is 6.06. The van der Waals surface area contributed by atoms with Crippen molar-refractivity contribution in [1.82, 2.24) is 35.3 Å². The van der Waals surface area contributed by atoms with E-state index in [0.717, 1.165) is 0 Å². The van der Waals surface area contributed by atoms with Crippen molar-refractivity contribution >= 4 is 41.3 Å². The number of hydrogen-bond donors (Lipinski definition) is 4. The molecule has 0 spiro atoms. The third kappa shape index (κ3) is 5.09. The Balaban J connectivity index is 1.20. The van der Waals surface area contributed by atoms with Crippen LogP contribution in [0.4, 0.5) is 0 Å². The Morgan fingerprint density at radius 2 is 2.05 bits per heavy atom. The number of amides is 2. The smallest absolute Gasteiger partial charge is 0.353 e. The number of nitrogens with two attached hydrogens (primary N) is 2. The number of nitrogens with zero attached hydrogens (tertiary/aromatic N) is 7. The Labute approximate surface area is 228 Å². The predicted octanol–water partition coefficient (Wildman–Crippen LogP) is -2.01. The van der Waals surface area contributed by atoms with Crippen LogP contribution in [-0.2, 0) is 25.7 Å². The van der Waals surface area contributed by atoms with Crippen LogP contribution in [0.1, 0.15) is 26.7 Å². The third-order valence-electron chi connectivity index (χ3n) is 7.87. The van der Waals surface area contributed by atoms with E-state index in [2.05, 4.69) is 25.8 Å². The molecule has 5 rings (SSSR count). The number of tetrazole rings is 1. The average Bonchev–Trinajstić information content (AvgIpc) is 3.56. The lowest BCUT2D eigenvalue weighted by Gasteiger charge is -2.47. The molecule has 15 nitrogen and oxygen atoms in total. The molecule has 6 N–H and O–H groups in total. The number of carbonyl (C=O) groups excluding carboxylic acids is 3. The number of likely N-dealkylation sites (tertiary alicyclic amines) is 1. The topological polar surface area (TPSA) is 215 Å². The Morgan fingerprint density at radius 3 is 2.69 bits per heavy atom. The van der Waals surface area contributed by atoms with E-state index in [1.807, 2.05) is 13.8 Å². The molecule has 3 saturated heterocycles. The highest BCUT2D eigenvalue weighted by Gasteiger charge is 2.60. The number of aliphatic imine (C=N–C) groups is 1. The highest BCUT2D eigenvalue weighted by Crippen LogP contribution is 2.53. The van der Waals surface area contributed by atoms with Gasteiger partial charge in [-0.15, -0.1) is 16.9 Å². The summed E-state index contributed by atoms with van der Waals surface area (Å²) < 4.78 is 1.33. The van der Waals surface area contributed by atoms with Crippen LogP contribution in [0, 0.1) is 17.8 Å². The van der Waals surface area contributed by atoms with Crippen molar-refractivity contribution in [3.8, 4) is 0 Å². The number of thioether (sulfide) groups is 1. The number of aromatic nitrogens is 4. The van der Waals surface area contributed by atoms with Crippen molar-refractivity contribution in [3.05, 3.63) is 16.9 Å². The summed E-state index contributed by atoms with van der Waals surface area (Å²) in [6, 6.07) is -0.770. The van der Waals surface area contributed by atoms with E-state index in [1.54, 1.807) is 4.90 Å². The Kier molecular flexibility index (Phi) is 7.33. The molecule has 6 atom stereocenters. The van der Waals surface area contributed by atoms with E-state index >= 15 is 0 Å². The van der Waals surface area contributed by atoms with E-state index in [4.69, 9.17) is 11.5 Å². The van der Waals surface area contributed by atoms with Gasteiger partial charge < -0.3 is 31.7 Å². The first-order valence-electron chi connectivity index (χ1n) is 12.9. The maximum atomic E-state index is 13.2. The molecule has 2 amide bonds. The first-order valence-corrected chi connectivity index (χ1v) is 13.7. The molecule has 0 aliphatic carbocycles. The van der Waals surface area contributed by atoms with E-state index in [0.29, 0.717) is 31.0 Å². The Bertz CT molecular complexity index is 1230. The summed E-state index contributed by atoms with van der Waals surface area (Å²) in [5, 5.41) is 24.0. The van der Waals surface area contributed by atoms with Crippen LogP contribution in [0.5, 0.6) is 0 Å². The molecule has 4 aliphatic rings. The molecule has 16 heteroatoms.